The van der Waals surface area contributed by atoms with E-state index in [0.29, 0.717) is 5.56 Å². The summed E-state index contributed by atoms with van der Waals surface area (Å²) in [7, 11) is 0. The fourth-order valence-electron chi connectivity index (χ4n) is 1.86. The van der Waals surface area contributed by atoms with Gasteiger partial charge in [-0.25, -0.2) is 0 Å². The zero-order valence-electron chi connectivity index (χ0n) is 10.6. The second-order valence-electron chi connectivity index (χ2n) is 4.79. The number of carbonyl (C=O) groups is 1. The molecule has 0 aliphatic carbocycles. The number of aliphatic hydroxyl groups is 1. The molecule has 1 amide bonds. The van der Waals surface area contributed by atoms with Gasteiger partial charge in [0.1, 0.15) is 0 Å². The third-order valence-corrected chi connectivity index (χ3v) is 3.14. The van der Waals surface area contributed by atoms with Crippen LogP contribution in [-0.2, 0) is 0 Å². The van der Waals surface area contributed by atoms with Gasteiger partial charge in [0.05, 0.1) is 12.6 Å². The molecule has 1 heterocycles. The molecule has 1 aromatic heterocycles. The number of aliphatic hydroxyl groups excluding tert-OH is 1. The normalized spacial score (nSPS) is 12.9. The monoisotopic (exact) mass is 246 g/mol. The standard InChI is InChI=1S/C14H18N2O2/c1-9(2)13(8-17)16-14(18)11-4-3-10-5-6-15-12(10)7-11/h3-7,9,13,15,17H,8H2,1-2H3,(H,16,18)/t13-/m1/s1. The van der Waals surface area contributed by atoms with Crippen LogP contribution in [0.1, 0.15) is 24.2 Å². The fraction of sp³-hybridized carbons (Fsp3) is 0.357. The predicted octanol–water partition coefficient (Wildman–Crippen LogP) is 1.91. The van der Waals surface area contributed by atoms with E-state index in [4.69, 9.17) is 0 Å². The molecular formula is C14H18N2O2. The molecule has 0 saturated heterocycles. The fourth-order valence-corrected chi connectivity index (χ4v) is 1.86. The van der Waals surface area contributed by atoms with Crippen LogP contribution in [0.15, 0.2) is 30.5 Å². The number of hydrogen-bond acceptors (Lipinski definition) is 2. The number of rotatable bonds is 4. The summed E-state index contributed by atoms with van der Waals surface area (Å²) in [6.45, 7) is 3.89. The molecule has 0 aliphatic rings. The minimum atomic E-state index is -0.211. The summed E-state index contributed by atoms with van der Waals surface area (Å²) >= 11 is 0. The van der Waals surface area contributed by atoms with E-state index in [1.165, 1.54) is 0 Å². The minimum Gasteiger partial charge on any atom is -0.394 e. The van der Waals surface area contributed by atoms with Crippen LogP contribution in [0.3, 0.4) is 0 Å². The second-order valence-corrected chi connectivity index (χ2v) is 4.79. The van der Waals surface area contributed by atoms with Crippen LogP contribution < -0.4 is 5.32 Å². The van der Waals surface area contributed by atoms with E-state index in [2.05, 4.69) is 10.3 Å². The third kappa shape index (κ3) is 2.54. The largest absolute Gasteiger partial charge is 0.394 e. The Kier molecular flexibility index (Phi) is 3.67. The van der Waals surface area contributed by atoms with Crippen LogP contribution in [0.4, 0.5) is 0 Å². The van der Waals surface area contributed by atoms with Crippen molar-refractivity contribution in [3.05, 3.63) is 36.0 Å². The van der Waals surface area contributed by atoms with Crippen LogP contribution in [0.5, 0.6) is 0 Å². The first kappa shape index (κ1) is 12.6. The van der Waals surface area contributed by atoms with Crippen molar-refractivity contribution in [1.29, 1.82) is 0 Å². The molecule has 2 aromatic rings. The number of aromatic amines is 1. The number of carbonyl (C=O) groups excluding carboxylic acids is 1. The number of benzene rings is 1. The van der Waals surface area contributed by atoms with Gasteiger partial charge in [0.15, 0.2) is 0 Å². The molecule has 2 rings (SSSR count). The van der Waals surface area contributed by atoms with Gasteiger partial charge in [0, 0.05) is 17.3 Å². The van der Waals surface area contributed by atoms with Crippen molar-refractivity contribution >= 4 is 16.8 Å². The Morgan fingerprint density at radius 2 is 2.17 bits per heavy atom. The Morgan fingerprint density at radius 3 is 2.83 bits per heavy atom. The third-order valence-electron chi connectivity index (χ3n) is 3.14. The molecule has 3 N–H and O–H groups in total. The number of amides is 1. The highest BCUT2D eigenvalue weighted by molar-refractivity contribution is 5.98. The molecule has 0 fully saturated rings. The summed E-state index contributed by atoms with van der Waals surface area (Å²) < 4.78 is 0. The SMILES string of the molecule is CC(C)[C@@H](CO)NC(=O)c1ccc2cc[nH]c2c1. The molecule has 0 spiro atoms. The topological polar surface area (TPSA) is 65.1 Å². The highest BCUT2D eigenvalue weighted by Gasteiger charge is 2.16. The van der Waals surface area contributed by atoms with E-state index in [1.54, 1.807) is 6.07 Å². The van der Waals surface area contributed by atoms with E-state index in [0.717, 1.165) is 10.9 Å². The minimum absolute atomic E-state index is 0.0475. The first-order chi connectivity index (χ1) is 8.61. The van der Waals surface area contributed by atoms with E-state index < -0.39 is 0 Å². The van der Waals surface area contributed by atoms with Gasteiger partial charge in [-0.1, -0.05) is 19.9 Å². The summed E-state index contributed by atoms with van der Waals surface area (Å²) in [5.74, 6) is 0.0485. The molecule has 0 bridgehead atoms. The first-order valence-corrected chi connectivity index (χ1v) is 6.10. The summed E-state index contributed by atoms with van der Waals surface area (Å²) in [5.41, 5.74) is 1.54. The lowest BCUT2D eigenvalue weighted by Crippen LogP contribution is -2.41. The Labute approximate surface area is 106 Å². The quantitative estimate of drug-likeness (QED) is 0.771. The summed E-state index contributed by atoms with van der Waals surface area (Å²) in [4.78, 5) is 15.1. The van der Waals surface area contributed by atoms with Gasteiger partial charge in [-0.05, 0) is 29.5 Å². The predicted molar refractivity (Wildman–Crippen MR) is 71.5 cm³/mol. The van der Waals surface area contributed by atoms with Gasteiger partial charge in [0.2, 0.25) is 0 Å². The maximum absolute atomic E-state index is 12.0. The Hall–Kier alpha value is -1.81. The van der Waals surface area contributed by atoms with Crippen molar-refractivity contribution < 1.29 is 9.90 Å². The van der Waals surface area contributed by atoms with Crippen LogP contribution in [0.25, 0.3) is 10.9 Å². The van der Waals surface area contributed by atoms with E-state index in [1.807, 2.05) is 38.2 Å². The van der Waals surface area contributed by atoms with Crippen molar-refractivity contribution in [3.8, 4) is 0 Å². The molecule has 1 atom stereocenters. The lowest BCUT2D eigenvalue weighted by molar-refractivity contribution is 0.0897. The van der Waals surface area contributed by atoms with Gasteiger partial charge in [-0.15, -0.1) is 0 Å². The lowest BCUT2D eigenvalue weighted by Gasteiger charge is -2.19. The molecule has 0 aliphatic heterocycles. The lowest BCUT2D eigenvalue weighted by atomic mass is 10.0. The first-order valence-electron chi connectivity index (χ1n) is 6.10. The Balaban J connectivity index is 2.17. The molecule has 4 nitrogen and oxygen atoms in total. The van der Waals surface area contributed by atoms with Crippen molar-refractivity contribution in [2.75, 3.05) is 6.61 Å². The highest BCUT2D eigenvalue weighted by atomic mass is 16.3. The summed E-state index contributed by atoms with van der Waals surface area (Å²) in [6, 6.07) is 7.27. The number of H-pyrrole nitrogens is 1. The number of aromatic nitrogens is 1. The zero-order valence-corrected chi connectivity index (χ0v) is 10.6. The zero-order chi connectivity index (χ0) is 13.1. The molecule has 18 heavy (non-hydrogen) atoms. The van der Waals surface area contributed by atoms with Crippen LogP contribution in [0.2, 0.25) is 0 Å². The van der Waals surface area contributed by atoms with Gasteiger partial charge in [-0.2, -0.15) is 0 Å². The smallest absolute Gasteiger partial charge is 0.251 e. The maximum Gasteiger partial charge on any atom is 0.251 e. The number of hydrogen-bond donors (Lipinski definition) is 3. The molecule has 0 unspecified atom stereocenters. The summed E-state index contributed by atoms with van der Waals surface area (Å²) in [5, 5.41) is 13.1. The molecule has 0 saturated carbocycles. The van der Waals surface area contributed by atoms with Gasteiger partial charge < -0.3 is 15.4 Å². The van der Waals surface area contributed by atoms with Gasteiger partial charge >= 0.3 is 0 Å². The van der Waals surface area contributed by atoms with Gasteiger partial charge in [-0.3, -0.25) is 4.79 Å². The highest BCUT2D eigenvalue weighted by Crippen LogP contribution is 2.14. The van der Waals surface area contributed by atoms with Crippen molar-refractivity contribution in [3.63, 3.8) is 0 Å². The van der Waals surface area contributed by atoms with Crippen molar-refractivity contribution in [1.82, 2.24) is 10.3 Å². The number of fused-ring (bicyclic) bond motifs is 1. The van der Waals surface area contributed by atoms with Crippen molar-refractivity contribution in [2.45, 2.75) is 19.9 Å². The van der Waals surface area contributed by atoms with Crippen molar-refractivity contribution in [2.24, 2.45) is 5.92 Å². The van der Waals surface area contributed by atoms with E-state index >= 15 is 0 Å². The van der Waals surface area contributed by atoms with Crippen LogP contribution in [-0.4, -0.2) is 28.6 Å². The molecule has 4 heteroatoms. The number of nitrogens with one attached hydrogen (secondary N) is 2. The van der Waals surface area contributed by atoms with Crippen LogP contribution >= 0.6 is 0 Å². The Morgan fingerprint density at radius 1 is 1.39 bits per heavy atom. The molecular weight excluding hydrogens is 228 g/mol. The van der Waals surface area contributed by atoms with E-state index in [9.17, 15) is 9.90 Å². The van der Waals surface area contributed by atoms with Crippen LogP contribution in [0, 0.1) is 5.92 Å². The van der Waals surface area contributed by atoms with Gasteiger partial charge in [0.25, 0.3) is 5.91 Å². The van der Waals surface area contributed by atoms with E-state index in [-0.39, 0.29) is 24.5 Å². The molecule has 0 radical (unpaired) electrons. The molecule has 96 valence electrons. The average Bonchev–Trinajstić information content (AvgIpc) is 2.82. The summed E-state index contributed by atoms with van der Waals surface area (Å²) in [6.07, 6.45) is 1.84. The average molecular weight is 246 g/mol. The maximum atomic E-state index is 12.0. The second kappa shape index (κ2) is 5.23. The Bertz CT molecular complexity index is 545. The molecule has 1 aromatic carbocycles.